The number of sulfonamides is 1. The Morgan fingerprint density at radius 1 is 1.00 bits per heavy atom. The number of halogens is 3. The lowest BCUT2D eigenvalue weighted by Crippen LogP contribution is -2.52. The van der Waals surface area contributed by atoms with E-state index in [2.05, 4.69) is 5.32 Å². The number of alkyl halides is 3. The van der Waals surface area contributed by atoms with Gasteiger partial charge >= 0.3 is 0 Å². The minimum atomic E-state index is -3.90. The Bertz CT molecular complexity index is 1180. The lowest BCUT2D eigenvalue weighted by Gasteiger charge is -2.38. The minimum Gasteiger partial charge on any atom is -0.325 e. The van der Waals surface area contributed by atoms with Gasteiger partial charge in [-0.15, -0.1) is 0 Å². The lowest BCUT2D eigenvalue weighted by molar-refractivity contribution is -0.120. The van der Waals surface area contributed by atoms with Crippen molar-refractivity contribution in [2.24, 2.45) is 5.92 Å². The zero-order valence-corrected chi connectivity index (χ0v) is 21.8. The van der Waals surface area contributed by atoms with Crippen LogP contribution in [0.3, 0.4) is 0 Å². The van der Waals surface area contributed by atoms with Gasteiger partial charge in [0, 0.05) is 24.6 Å². The first-order chi connectivity index (χ1) is 16.0. The third-order valence-corrected chi connectivity index (χ3v) is 7.85. The van der Waals surface area contributed by atoms with Crippen LogP contribution in [0.2, 0.25) is 0 Å². The minimum absolute atomic E-state index is 0.0341. The number of para-hydroxylation sites is 1. The van der Waals surface area contributed by atoms with Crippen LogP contribution in [0, 0.1) is 12.8 Å². The van der Waals surface area contributed by atoms with Crippen molar-refractivity contribution in [1.29, 1.82) is 0 Å². The van der Waals surface area contributed by atoms with Crippen molar-refractivity contribution in [1.82, 2.24) is 4.31 Å². The smallest absolute Gasteiger partial charge is 0.243 e. The molecule has 0 radical (unpaired) electrons. The first-order valence-corrected chi connectivity index (χ1v) is 13.3. The number of nitrogens with one attached hydrogen (secondary N) is 1. The lowest BCUT2D eigenvalue weighted by atomic mass is 9.89. The first-order valence-electron chi connectivity index (χ1n) is 10.6. The molecular weight excluding hydrogens is 519 g/mol. The molecule has 34 heavy (non-hydrogen) atoms. The molecule has 0 aromatic heterocycles. The van der Waals surface area contributed by atoms with Gasteiger partial charge < -0.3 is 5.32 Å². The fraction of sp³-hybridized carbons (Fsp3) is 0.333. The average Bonchev–Trinajstić information content (AvgIpc) is 3.06. The van der Waals surface area contributed by atoms with Crippen molar-refractivity contribution in [3.63, 3.8) is 0 Å². The van der Waals surface area contributed by atoms with E-state index in [0.29, 0.717) is 17.7 Å². The molecule has 6 nitrogen and oxygen atoms in total. The van der Waals surface area contributed by atoms with Crippen molar-refractivity contribution >= 4 is 62.2 Å². The molecule has 2 aliphatic rings. The highest BCUT2D eigenvalue weighted by Crippen LogP contribution is 2.40. The molecule has 0 spiro atoms. The second-order valence-electron chi connectivity index (χ2n) is 8.18. The van der Waals surface area contributed by atoms with Gasteiger partial charge in [-0.25, -0.2) is 8.42 Å². The Kier molecular flexibility index (Phi) is 8.82. The maximum absolute atomic E-state index is 13.5. The number of hydrogen-bond acceptors (Lipinski definition) is 4. The van der Waals surface area contributed by atoms with E-state index in [1.54, 1.807) is 55.5 Å². The Labute approximate surface area is 214 Å². The number of fused-ring (bicyclic) bond motifs is 1. The van der Waals surface area contributed by atoms with Gasteiger partial charge in [-0.1, -0.05) is 76.3 Å². The molecule has 0 bridgehead atoms. The number of nitrogens with zero attached hydrogens (tertiary/aromatic N) is 1. The standard InChI is InChI=1S/C23H24N2O4S.CHCl3/c1-15-8-10-19(11-9-15)30(28,29)25-14-17-12-22(26)16(2)20(17)13-21(25)23(27)24-18-6-4-3-5-7-18;2-1(3)4/h3-11,17,21H,12-14H2,1-2H3,(H,24,27);1H/t17-,21-;/m0./s1. The number of carbonyl (C=O) groups is 2. The summed E-state index contributed by atoms with van der Waals surface area (Å²) >= 11 is 14.4. The summed E-state index contributed by atoms with van der Waals surface area (Å²) in [4.78, 5) is 25.6. The number of allylic oxidation sites excluding steroid dienone is 1. The van der Waals surface area contributed by atoms with Gasteiger partial charge in [-0.05, 0) is 50.1 Å². The van der Waals surface area contributed by atoms with Gasteiger partial charge in [-0.3, -0.25) is 9.59 Å². The fourth-order valence-electron chi connectivity index (χ4n) is 4.22. The molecule has 0 unspecified atom stereocenters. The van der Waals surface area contributed by atoms with Crippen LogP contribution in [0.15, 0.2) is 70.6 Å². The molecule has 1 fully saturated rings. The number of piperidine rings is 1. The molecule has 2 aromatic rings. The maximum Gasteiger partial charge on any atom is 0.243 e. The molecule has 10 heteroatoms. The van der Waals surface area contributed by atoms with E-state index in [4.69, 9.17) is 34.8 Å². The van der Waals surface area contributed by atoms with Crippen LogP contribution in [0.4, 0.5) is 5.69 Å². The Hall–Kier alpha value is -1.90. The largest absolute Gasteiger partial charge is 0.325 e. The molecule has 1 N–H and O–H groups in total. The van der Waals surface area contributed by atoms with E-state index in [9.17, 15) is 18.0 Å². The van der Waals surface area contributed by atoms with Crippen molar-refractivity contribution in [3.8, 4) is 0 Å². The number of Topliss-reactive ketones (excluding diaryl/α,β-unsaturated/α-hetero) is 1. The SMILES string of the molecule is CC1=C2C[C@@H](C(=O)Nc3ccccc3)N(S(=O)(=O)c3ccc(C)cc3)C[C@@H]2CC1=O.ClC(Cl)Cl. The van der Waals surface area contributed by atoms with E-state index in [-0.39, 0.29) is 29.6 Å². The predicted octanol–water partition coefficient (Wildman–Crippen LogP) is 5.29. The van der Waals surface area contributed by atoms with Gasteiger partial charge in [0.25, 0.3) is 0 Å². The van der Waals surface area contributed by atoms with Gasteiger partial charge in [-0.2, -0.15) is 4.31 Å². The van der Waals surface area contributed by atoms with E-state index >= 15 is 0 Å². The highest BCUT2D eigenvalue weighted by atomic mass is 35.6. The Morgan fingerprint density at radius 2 is 1.59 bits per heavy atom. The summed E-state index contributed by atoms with van der Waals surface area (Å²) in [5.41, 5.74) is 3.13. The number of aryl methyl sites for hydroxylation is 1. The van der Waals surface area contributed by atoms with Crippen molar-refractivity contribution in [2.45, 2.75) is 41.9 Å². The third kappa shape index (κ3) is 6.20. The number of hydrogen-bond donors (Lipinski definition) is 1. The topological polar surface area (TPSA) is 83.6 Å². The van der Waals surface area contributed by atoms with Crippen LogP contribution in [-0.4, -0.2) is 41.3 Å². The number of benzene rings is 2. The third-order valence-electron chi connectivity index (χ3n) is 5.96. The number of ketones is 1. The van der Waals surface area contributed by atoms with Gasteiger partial charge in [0.15, 0.2) is 10.1 Å². The van der Waals surface area contributed by atoms with Crippen LogP contribution in [0.1, 0.15) is 25.3 Å². The molecule has 4 rings (SSSR count). The summed E-state index contributed by atoms with van der Waals surface area (Å²) in [6.45, 7) is 3.78. The van der Waals surface area contributed by atoms with Gasteiger partial charge in [0.2, 0.25) is 15.9 Å². The molecule has 1 heterocycles. The maximum atomic E-state index is 13.5. The summed E-state index contributed by atoms with van der Waals surface area (Å²) < 4.78 is 27.4. The van der Waals surface area contributed by atoms with E-state index in [1.807, 2.05) is 13.0 Å². The predicted molar refractivity (Wildman–Crippen MR) is 136 cm³/mol. The quantitative estimate of drug-likeness (QED) is 0.531. The van der Waals surface area contributed by atoms with Crippen LogP contribution in [0.5, 0.6) is 0 Å². The van der Waals surface area contributed by atoms with Crippen LogP contribution >= 0.6 is 34.8 Å². The monoisotopic (exact) mass is 542 g/mol. The molecule has 182 valence electrons. The number of carbonyl (C=O) groups excluding carboxylic acids is 2. The highest BCUT2D eigenvalue weighted by molar-refractivity contribution is 7.89. The highest BCUT2D eigenvalue weighted by Gasteiger charge is 2.46. The number of amides is 1. The average molecular weight is 544 g/mol. The summed E-state index contributed by atoms with van der Waals surface area (Å²) in [6.07, 6.45) is 0.528. The Morgan fingerprint density at radius 3 is 2.18 bits per heavy atom. The van der Waals surface area contributed by atoms with E-state index in [1.165, 1.54) is 4.31 Å². The van der Waals surface area contributed by atoms with Crippen LogP contribution in [-0.2, 0) is 19.6 Å². The zero-order valence-electron chi connectivity index (χ0n) is 18.7. The molecule has 2 aromatic carbocycles. The molecule has 0 saturated carbocycles. The van der Waals surface area contributed by atoms with Crippen LogP contribution in [0.25, 0.3) is 0 Å². The molecule has 1 saturated heterocycles. The molecular formula is C24H25Cl3N2O4S. The van der Waals surface area contributed by atoms with E-state index in [0.717, 1.165) is 11.1 Å². The number of anilines is 1. The van der Waals surface area contributed by atoms with Crippen molar-refractivity contribution in [2.75, 3.05) is 11.9 Å². The van der Waals surface area contributed by atoms with E-state index < -0.39 is 26.3 Å². The first kappa shape index (κ1) is 26.7. The Balaban J connectivity index is 0.000000751. The fourth-order valence-corrected chi connectivity index (χ4v) is 5.85. The molecule has 1 aliphatic carbocycles. The van der Waals surface area contributed by atoms with Gasteiger partial charge in [0.1, 0.15) is 6.04 Å². The normalized spacial score (nSPS) is 20.6. The number of rotatable bonds is 4. The molecule has 2 atom stereocenters. The second kappa shape index (κ2) is 11.2. The summed E-state index contributed by atoms with van der Waals surface area (Å²) in [7, 11) is -3.90. The van der Waals surface area contributed by atoms with Gasteiger partial charge in [0.05, 0.1) is 4.90 Å². The molecule has 1 aliphatic heterocycles. The summed E-state index contributed by atoms with van der Waals surface area (Å²) in [6, 6.07) is 14.6. The van der Waals surface area contributed by atoms with Crippen molar-refractivity contribution < 1.29 is 18.0 Å². The molecule has 1 amide bonds. The second-order valence-corrected chi connectivity index (χ2v) is 12.1. The zero-order chi connectivity index (χ0) is 25.0. The van der Waals surface area contributed by atoms with Crippen LogP contribution < -0.4 is 5.32 Å². The summed E-state index contributed by atoms with van der Waals surface area (Å²) in [5, 5.41) is 2.83. The summed E-state index contributed by atoms with van der Waals surface area (Å²) in [5.74, 6) is -0.528. The van der Waals surface area contributed by atoms with Crippen molar-refractivity contribution in [3.05, 3.63) is 71.3 Å².